The molecule has 0 bridgehead atoms. The van der Waals surface area contributed by atoms with Crippen LogP contribution in [0.25, 0.3) is 10.9 Å². The maximum absolute atomic E-state index is 9.29. The molecule has 2 heterocycles. The molecule has 0 aliphatic carbocycles. The number of hydrogen-bond donors (Lipinski definition) is 1. The van der Waals surface area contributed by atoms with Crippen LogP contribution >= 0.6 is 0 Å². The minimum absolute atomic E-state index is 0.176. The van der Waals surface area contributed by atoms with Crippen molar-refractivity contribution in [3.63, 3.8) is 0 Å². The molecular weight excluding hydrogens is 250 g/mol. The van der Waals surface area contributed by atoms with Crippen molar-refractivity contribution in [2.24, 2.45) is 0 Å². The SMILES string of the molecule is CC(Nc1c(C#N)cnc2ccccc12)C1CCCO1. The van der Waals surface area contributed by atoms with Crippen LogP contribution in [0.1, 0.15) is 25.3 Å². The van der Waals surface area contributed by atoms with Crippen LogP contribution in [0.5, 0.6) is 0 Å². The summed E-state index contributed by atoms with van der Waals surface area (Å²) in [7, 11) is 0. The Balaban J connectivity index is 1.98. The van der Waals surface area contributed by atoms with Crippen molar-refractivity contribution in [2.75, 3.05) is 11.9 Å². The van der Waals surface area contributed by atoms with E-state index in [1.165, 1.54) is 0 Å². The van der Waals surface area contributed by atoms with E-state index in [0.717, 1.165) is 36.0 Å². The molecule has 0 radical (unpaired) electrons. The van der Waals surface area contributed by atoms with Gasteiger partial charge >= 0.3 is 0 Å². The van der Waals surface area contributed by atoms with Gasteiger partial charge in [0.2, 0.25) is 0 Å². The Hall–Kier alpha value is -2.12. The van der Waals surface area contributed by atoms with E-state index in [0.29, 0.717) is 5.56 Å². The predicted molar refractivity (Wildman–Crippen MR) is 78.5 cm³/mol. The molecule has 0 spiro atoms. The molecule has 0 saturated carbocycles. The van der Waals surface area contributed by atoms with Crippen LogP contribution in [0.3, 0.4) is 0 Å². The van der Waals surface area contributed by atoms with Gasteiger partial charge in [-0.25, -0.2) is 0 Å². The van der Waals surface area contributed by atoms with Gasteiger partial charge < -0.3 is 10.1 Å². The van der Waals surface area contributed by atoms with Gasteiger partial charge in [-0.15, -0.1) is 0 Å². The van der Waals surface area contributed by atoms with E-state index in [4.69, 9.17) is 4.74 Å². The van der Waals surface area contributed by atoms with Gasteiger partial charge in [0.15, 0.2) is 0 Å². The largest absolute Gasteiger partial charge is 0.378 e. The standard InChI is InChI=1S/C16H17N3O/c1-11(15-7-4-8-20-15)19-16-12(9-17)10-18-14-6-3-2-5-13(14)16/h2-3,5-6,10-11,15H,4,7-8H2,1H3,(H,18,19). The number of ether oxygens (including phenoxy) is 1. The molecule has 102 valence electrons. The zero-order valence-corrected chi connectivity index (χ0v) is 11.5. The van der Waals surface area contributed by atoms with Crippen molar-refractivity contribution < 1.29 is 4.74 Å². The number of pyridine rings is 1. The van der Waals surface area contributed by atoms with Crippen LogP contribution in [-0.2, 0) is 4.74 Å². The number of para-hydroxylation sites is 1. The summed E-state index contributed by atoms with van der Waals surface area (Å²) >= 11 is 0. The van der Waals surface area contributed by atoms with E-state index in [2.05, 4.69) is 23.3 Å². The number of hydrogen-bond acceptors (Lipinski definition) is 4. The van der Waals surface area contributed by atoms with Crippen LogP contribution < -0.4 is 5.32 Å². The third-order valence-corrected chi connectivity index (χ3v) is 3.79. The number of fused-ring (bicyclic) bond motifs is 1. The number of nitrogens with zero attached hydrogens (tertiary/aromatic N) is 2. The Morgan fingerprint density at radius 3 is 3.05 bits per heavy atom. The molecule has 1 fully saturated rings. The maximum Gasteiger partial charge on any atom is 0.103 e. The fourth-order valence-electron chi connectivity index (χ4n) is 2.70. The van der Waals surface area contributed by atoms with Gasteiger partial charge in [-0.05, 0) is 25.8 Å². The number of nitrogens with one attached hydrogen (secondary N) is 1. The molecule has 1 saturated heterocycles. The number of aromatic nitrogens is 1. The van der Waals surface area contributed by atoms with Gasteiger partial charge in [-0.3, -0.25) is 4.98 Å². The Morgan fingerprint density at radius 1 is 1.45 bits per heavy atom. The summed E-state index contributed by atoms with van der Waals surface area (Å²) in [6.45, 7) is 2.94. The minimum Gasteiger partial charge on any atom is -0.378 e. The van der Waals surface area contributed by atoms with Gasteiger partial charge in [0.25, 0.3) is 0 Å². The van der Waals surface area contributed by atoms with E-state index in [-0.39, 0.29) is 12.1 Å². The highest BCUT2D eigenvalue weighted by molar-refractivity contribution is 5.93. The van der Waals surface area contributed by atoms with Crippen molar-refractivity contribution in [3.8, 4) is 6.07 Å². The number of benzene rings is 1. The lowest BCUT2D eigenvalue weighted by atomic mass is 10.1. The fraction of sp³-hybridized carbons (Fsp3) is 0.375. The molecule has 1 aliphatic heterocycles. The Bertz CT molecular complexity index is 656. The lowest BCUT2D eigenvalue weighted by molar-refractivity contribution is 0.0997. The van der Waals surface area contributed by atoms with Crippen LogP contribution in [0.4, 0.5) is 5.69 Å². The highest BCUT2D eigenvalue weighted by Crippen LogP contribution is 2.27. The highest BCUT2D eigenvalue weighted by Gasteiger charge is 2.23. The number of nitriles is 1. The summed E-state index contributed by atoms with van der Waals surface area (Å²) in [6, 6.07) is 10.3. The van der Waals surface area contributed by atoms with Crippen LogP contribution in [0, 0.1) is 11.3 Å². The molecule has 0 amide bonds. The van der Waals surface area contributed by atoms with E-state index >= 15 is 0 Å². The molecule has 1 aromatic carbocycles. The van der Waals surface area contributed by atoms with E-state index < -0.39 is 0 Å². The van der Waals surface area contributed by atoms with Crippen LogP contribution in [0.2, 0.25) is 0 Å². The summed E-state index contributed by atoms with van der Waals surface area (Å²) in [5, 5.41) is 13.7. The monoisotopic (exact) mass is 267 g/mol. The van der Waals surface area contributed by atoms with Crippen molar-refractivity contribution in [1.29, 1.82) is 5.26 Å². The van der Waals surface area contributed by atoms with Gasteiger partial charge in [0.1, 0.15) is 6.07 Å². The second kappa shape index (κ2) is 5.48. The van der Waals surface area contributed by atoms with Gasteiger partial charge in [0, 0.05) is 24.2 Å². The van der Waals surface area contributed by atoms with Gasteiger partial charge in [-0.2, -0.15) is 5.26 Å². The third kappa shape index (κ3) is 2.33. The second-order valence-electron chi connectivity index (χ2n) is 5.16. The van der Waals surface area contributed by atoms with Gasteiger partial charge in [-0.1, -0.05) is 18.2 Å². The maximum atomic E-state index is 9.29. The quantitative estimate of drug-likeness (QED) is 0.928. The molecule has 2 aromatic rings. The molecule has 20 heavy (non-hydrogen) atoms. The third-order valence-electron chi connectivity index (χ3n) is 3.79. The lowest BCUT2D eigenvalue weighted by Gasteiger charge is -2.22. The average molecular weight is 267 g/mol. The summed E-state index contributed by atoms with van der Waals surface area (Å²) < 4.78 is 5.71. The van der Waals surface area contributed by atoms with Crippen LogP contribution in [-0.4, -0.2) is 23.7 Å². The first kappa shape index (κ1) is 12.9. The van der Waals surface area contributed by atoms with E-state index in [1.807, 2.05) is 24.3 Å². The van der Waals surface area contributed by atoms with Crippen molar-refractivity contribution in [3.05, 3.63) is 36.0 Å². The molecule has 3 rings (SSSR count). The van der Waals surface area contributed by atoms with Crippen LogP contribution in [0.15, 0.2) is 30.5 Å². The highest BCUT2D eigenvalue weighted by atomic mass is 16.5. The predicted octanol–water partition coefficient (Wildman–Crippen LogP) is 3.09. The molecule has 1 aliphatic rings. The summed E-state index contributed by atoms with van der Waals surface area (Å²) in [4.78, 5) is 4.32. The summed E-state index contributed by atoms with van der Waals surface area (Å²) in [5.41, 5.74) is 2.34. The lowest BCUT2D eigenvalue weighted by Crippen LogP contribution is -2.30. The zero-order valence-electron chi connectivity index (χ0n) is 11.5. The second-order valence-corrected chi connectivity index (χ2v) is 5.16. The minimum atomic E-state index is 0.176. The molecule has 2 unspecified atom stereocenters. The average Bonchev–Trinajstić information content (AvgIpc) is 3.02. The summed E-state index contributed by atoms with van der Waals surface area (Å²) in [5.74, 6) is 0. The number of anilines is 1. The molecule has 4 heteroatoms. The Kier molecular flexibility index (Phi) is 3.53. The molecule has 1 N–H and O–H groups in total. The van der Waals surface area contributed by atoms with Crippen molar-refractivity contribution in [1.82, 2.24) is 4.98 Å². The van der Waals surface area contributed by atoms with E-state index in [1.54, 1.807) is 6.20 Å². The topological polar surface area (TPSA) is 57.9 Å². The molecular formula is C16H17N3O. The Morgan fingerprint density at radius 2 is 2.30 bits per heavy atom. The normalized spacial score (nSPS) is 19.7. The molecule has 4 nitrogen and oxygen atoms in total. The van der Waals surface area contributed by atoms with Gasteiger partial charge in [0.05, 0.1) is 22.9 Å². The van der Waals surface area contributed by atoms with E-state index in [9.17, 15) is 5.26 Å². The van der Waals surface area contributed by atoms with Crippen molar-refractivity contribution >= 4 is 16.6 Å². The first-order valence-electron chi connectivity index (χ1n) is 6.95. The molecule has 1 aromatic heterocycles. The smallest absolute Gasteiger partial charge is 0.103 e. The first-order chi connectivity index (χ1) is 9.79. The molecule has 2 atom stereocenters. The Labute approximate surface area is 118 Å². The zero-order chi connectivity index (χ0) is 13.9. The van der Waals surface area contributed by atoms with Crippen molar-refractivity contribution in [2.45, 2.75) is 31.9 Å². The first-order valence-corrected chi connectivity index (χ1v) is 6.95. The summed E-state index contributed by atoms with van der Waals surface area (Å²) in [6.07, 6.45) is 4.03. The number of rotatable bonds is 3. The fourth-order valence-corrected chi connectivity index (χ4v) is 2.70.